The van der Waals surface area contributed by atoms with Crippen molar-refractivity contribution in [2.24, 2.45) is 23.7 Å². The maximum Gasteiger partial charge on any atom is -0.0388 e. The number of unbranched alkanes of at least 4 members (excludes halogenated alkanes) is 2. The van der Waals surface area contributed by atoms with Crippen LogP contribution in [0.25, 0.3) is 0 Å². The molecule has 0 heterocycles. The average Bonchev–Trinajstić information content (AvgIpc) is 2.30. The fourth-order valence-corrected chi connectivity index (χ4v) is 3.05. The van der Waals surface area contributed by atoms with Crippen molar-refractivity contribution < 1.29 is 0 Å². The molecule has 0 aromatic rings. The maximum atomic E-state index is 2.48. The van der Waals surface area contributed by atoms with Crippen LogP contribution in [0.2, 0.25) is 0 Å². The molecular weight excluding hydrogens is 204 g/mol. The van der Waals surface area contributed by atoms with E-state index in [0.717, 1.165) is 23.7 Å². The first-order chi connectivity index (χ1) is 8.06. The van der Waals surface area contributed by atoms with Crippen molar-refractivity contribution in [1.29, 1.82) is 0 Å². The Morgan fingerprint density at radius 1 is 0.765 bits per heavy atom. The van der Waals surface area contributed by atoms with Gasteiger partial charge in [0.05, 0.1) is 0 Å². The minimum absolute atomic E-state index is 0.858. The lowest BCUT2D eigenvalue weighted by Gasteiger charge is -2.29. The first-order valence-electron chi connectivity index (χ1n) is 8.06. The van der Waals surface area contributed by atoms with Gasteiger partial charge in [-0.15, -0.1) is 0 Å². The highest BCUT2D eigenvalue weighted by atomic mass is 14.3. The van der Waals surface area contributed by atoms with E-state index in [2.05, 4.69) is 41.5 Å². The first-order valence-corrected chi connectivity index (χ1v) is 8.06. The molecule has 0 radical (unpaired) electrons. The lowest BCUT2D eigenvalue weighted by atomic mass is 9.77. The molecule has 0 saturated heterocycles. The first kappa shape index (κ1) is 17.0. The molecule has 17 heavy (non-hydrogen) atoms. The van der Waals surface area contributed by atoms with Crippen molar-refractivity contribution in [3.05, 3.63) is 0 Å². The molecule has 0 nitrogen and oxygen atoms in total. The van der Waals surface area contributed by atoms with Gasteiger partial charge >= 0.3 is 0 Å². The Labute approximate surface area is 111 Å². The Bertz CT molecular complexity index is 159. The molecule has 0 aliphatic heterocycles. The highest BCUT2D eigenvalue weighted by molar-refractivity contribution is 4.71. The zero-order chi connectivity index (χ0) is 13.3. The van der Waals surface area contributed by atoms with Crippen molar-refractivity contribution in [3.63, 3.8) is 0 Å². The largest absolute Gasteiger partial charge is 0.0654 e. The Morgan fingerprint density at radius 3 is 1.76 bits per heavy atom. The Balaban J connectivity index is 4.11. The fourth-order valence-electron chi connectivity index (χ4n) is 3.05. The normalized spacial score (nSPS) is 17.1. The van der Waals surface area contributed by atoms with E-state index in [1.165, 1.54) is 44.9 Å². The van der Waals surface area contributed by atoms with Crippen molar-refractivity contribution in [2.75, 3.05) is 0 Å². The van der Waals surface area contributed by atoms with Crippen LogP contribution >= 0.6 is 0 Å². The van der Waals surface area contributed by atoms with Gasteiger partial charge in [0, 0.05) is 0 Å². The van der Waals surface area contributed by atoms with Gasteiger partial charge in [0.1, 0.15) is 0 Å². The summed E-state index contributed by atoms with van der Waals surface area (Å²) in [7, 11) is 0. The molecule has 0 aromatic carbocycles. The molecule has 0 bridgehead atoms. The van der Waals surface area contributed by atoms with E-state index in [4.69, 9.17) is 0 Å². The topological polar surface area (TPSA) is 0 Å². The third-order valence-corrected chi connectivity index (χ3v) is 4.66. The van der Waals surface area contributed by atoms with E-state index in [9.17, 15) is 0 Å². The summed E-state index contributed by atoms with van der Waals surface area (Å²) in [6.07, 6.45) is 9.84. The van der Waals surface area contributed by atoms with Crippen LogP contribution in [0, 0.1) is 23.7 Å². The van der Waals surface area contributed by atoms with Crippen LogP contribution in [0.15, 0.2) is 0 Å². The molecule has 3 atom stereocenters. The molecule has 0 spiro atoms. The van der Waals surface area contributed by atoms with Gasteiger partial charge in [-0.3, -0.25) is 0 Å². The molecule has 0 heteroatoms. The number of hydrogen-bond acceptors (Lipinski definition) is 0. The summed E-state index contributed by atoms with van der Waals surface area (Å²) in [6, 6.07) is 0. The van der Waals surface area contributed by atoms with E-state index in [1.807, 2.05) is 0 Å². The van der Waals surface area contributed by atoms with E-state index in [0.29, 0.717) is 0 Å². The zero-order valence-corrected chi connectivity index (χ0v) is 13.3. The summed E-state index contributed by atoms with van der Waals surface area (Å²) in [5.74, 6) is 3.68. The summed E-state index contributed by atoms with van der Waals surface area (Å²) >= 11 is 0. The molecule has 0 aromatic heterocycles. The third kappa shape index (κ3) is 7.11. The molecule has 0 aliphatic carbocycles. The molecule has 3 unspecified atom stereocenters. The smallest absolute Gasteiger partial charge is 0.0388 e. The second kappa shape index (κ2) is 9.97. The lowest BCUT2D eigenvalue weighted by molar-refractivity contribution is 0.220. The quantitative estimate of drug-likeness (QED) is 0.393. The molecule has 104 valence electrons. The van der Waals surface area contributed by atoms with Gasteiger partial charge in [-0.2, -0.15) is 0 Å². The Morgan fingerprint density at radius 2 is 1.35 bits per heavy atom. The van der Waals surface area contributed by atoms with Crippen molar-refractivity contribution >= 4 is 0 Å². The fraction of sp³-hybridized carbons (Fsp3) is 1.00. The van der Waals surface area contributed by atoms with E-state index >= 15 is 0 Å². The van der Waals surface area contributed by atoms with Crippen molar-refractivity contribution in [3.8, 4) is 0 Å². The second-order valence-corrected chi connectivity index (χ2v) is 6.29. The summed E-state index contributed by atoms with van der Waals surface area (Å²) in [4.78, 5) is 0. The standard InChI is InChI=1S/C17H36/c1-7-10-11-12-15(6)17(9-3)13-16(8-2)14(4)5/h14-17H,7-13H2,1-6H3. The van der Waals surface area contributed by atoms with E-state index in [1.54, 1.807) is 0 Å². The van der Waals surface area contributed by atoms with Gasteiger partial charge in [0.2, 0.25) is 0 Å². The molecule has 0 aliphatic rings. The Kier molecular flexibility index (Phi) is 9.97. The van der Waals surface area contributed by atoms with Crippen LogP contribution in [0.4, 0.5) is 0 Å². The molecule has 0 fully saturated rings. The van der Waals surface area contributed by atoms with Crippen LogP contribution in [-0.4, -0.2) is 0 Å². The van der Waals surface area contributed by atoms with Gasteiger partial charge in [-0.05, 0) is 30.1 Å². The second-order valence-electron chi connectivity index (χ2n) is 6.29. The van der Waals surface area contributed by atoms with Crippen molar-refractivity contribution in [1.82, 2.24) is 0 Å². The third-order valence-electron chi connectivity index (χ3n) is 4.66. The average molecular weight is 240 g/mol. The van der Waals surface area contributed by atoms with E-state index in [-0.39, 0.29) is 0 Å². The van der Waals surface area contributed by atoms with Gasteiger partial charge in [-0.25, -0.2) is 0 Å². The highest BCUT2D eigenvalue weighted by Gasteiger charge is 2.21. The number of rotatable bonds is 10. The lowest BCUT2D eigenvalue weighted by Crippen LogP contribution is -2.18. The maximum absolute atomic E-state index is 2.48. The SMILES string of the molecule is CCCCCC(C)C(CC)CC(CC)C(C)C. The van der Waals surface area contributed by atoms with Crippen LogP contribution < -0.4 is 0 Å². The predicted octanol–water partition coefficient (Wildman–Crippen LogP) is 6.30. The monoisotopic (exact) mass is 240 g/mol. The van der Waals surface area contributed by atoms with Gasteiger partial charge in [-0.1, -0.05) is 80.1 Å². The molecular formula is C17H36. The molecule has 0 saturated carbocycles. The highest BCUT2D eigenvalue weighted by Crippen LogP contribution is 2.31. The van der Waals surface area contributed by atoms with Crippen LogP contribution in [-0.2, 0) is 0 Å². The minimum atomic E-state index is 0.858. The predicted molar refractivity (Wildman–Crippen MR) is 80.3 cm³/mol. The van der Waals surface area contributed by atoms with Crippen molar-refractivity contribution in [2.45, 2.75) is 86.5 Å². The summed E-state index contributed by atoms with van der Waals surface area (Å²) in [5, 5.41) is 0. The summed E-state index contributed by atoms with van der Waals surface area (Å²) < 4.78 is 0. The van der Waals surface area contributed by atoms with Crippen LogP contribution in [0.1, 0.15) is 86.5 Å². The summed E-state index contributed by atoms with van der Waals surface area (Å²) in [5.41, 5.74) is 0. The zero-order valence-electron chi connectivity index (χ0n) is 13.3. The molecule has 0 N–H and O–H groups in total. The van der Waals surface area contributed by atoms with E-state index < -0.39 is 0 Å². The molecule has 0 rings (SSSR count). The van der Waals surface area contributed by atoms with Gasteiger partial charge in [0.25, 0.3) is 0 Å². The van der Waals surface area contributed by atoms with Gasteiger partial charge < -0.3 is 0 Å². The Hall–Kier alpha value is 0. The number of hydrogen-bond donors (Lipinski definition) is 0. The van der Waals surface area contributed by atoms with Crippen LogP contribution in [0.3, 0.4) is 0 Å². The minimum Gasteiger partial charge on any atom is -0.0654 e. The summed E-state index contributed by atoms with van der Waals surface area (Å²) in [6.45, 7) is 14.3. The van der Waals surface area contributed by atoms with Crippen LogP contribution in [0.5, 0.6) is 0 Å². The van der Waals surface area contributed by atoms with Gasteiger partial charge in [0.15, 0.2) is 0 Å². The molecule has 0 amide bonds.